The van der Waals surface area contributed by atoms with Gasteiger partial charge < -0.3 is 10.1 Å². The lowest BCUT2D eigenvalue weighted by molar-refractivity contribution is -0.122. The van der Waals surface area contributed by atoms with Crippen molar-refractivity contribution < 1.29 is 9.53 Å². The van der Waals surface area contributed by atoms with E-state index in [1.807, 2.05) is 26.0 Å². The van der Waals surface area contributed by atoms with Crippen molar-refractivity contribution >= 4 is 5.91 Å². The van der Waals surface area contributed by atoms with Gasteiger partial charge in [-0.25, -0.2) is 0 Å². The molecule has 1 aromatic carbocycles. The number of hydrogen-bond donors (Lipinski definition) is 1. The van der Waals surface area contributed by atoms with Gasteiger partial charge in [0.25, 0.3) is 0 Å². The molecule has 0 radical (unpaired) electrons. The van der Waals surface area contributed by atoms with Crippen molar-refractivity contribution in [3.8, 4) is 5.75 Å². The van der Waals surface area contributed by atoms with E-state index in [0.717, 1.165) is 24.2 Å². The molecule has 0 saturated heterocycles. The first kappa shape index (κ1) is 12.9. The van der Waals surface area contributed by atoms with Crippen molar-refractivity contribution in [1.82, 2.24) is 5.32 Å². The first-order valence-electron chi connectivity index (χ1n) is 6.65. The summed E-state index contributed by atoms with van der Waals surface area (Å²) in [4.78, 5) is 11.8. The van der Waals surface area contributed by atoms with Gasteiger partial charge in [0.1, 0.15) is 5.75 Å². The van der Waals surface area contributed by atoms with Crippen LogP contribution in [0.25, 0.3) is 0 Å². The van der Waals surface area contributed by atoms with Crippen LogP contribution >= 0.6 is 0 Å². The molecular weight excluding hydrogens is 226 g/mol. The van der Waals surface area contributed by atoms with Gasteiger partial charge in [-0.05, 0) is 39.7 Å². The summed E-state index contributed by atoms with van der Waals surface area (Å²) in [6.45, 7) is 6.67. The van der Waals surface area contributed by atoms with Crippen molar-refractivity contribution in [3.05, 3.63) is 29.3 Å². The van der Waals surface area contributed by atoms with Crippen LogP contribution in [0.3, 0.4) is 0 Å². The van der Waals surface area contributed by atoms with Gasteiger partial charge in [-0.15, -0.1) is 0 Å². The fraction of sp³-hybridized carbons (Fsp3) is 0.533. The van der Waals surface area contributed by atoms with E-state index in [2.05, 4.69) is 18.3 Å². The van der Waals surface area contributed by atoms with E-state index >= 15 is 0 Å². The smallest absolute Gasteiger partial charge is 0.223 e. The monoisotopic (exact) mass is 247 g/mol. The van der Waals surface area contributed by atoms with E-state index in [1.165, 1.54) is 5.56 Å². The lowest BCUT2D eigenvalue weighted by Gasteiger charge is -2.18. The van der Waals surface area contributed by atoms with Crippen LogP contribution in [0.15, 0.2) is 18.2 Å². The van der Waals surface area contributed by atoms with Crippen LogP contribution in [0.5, 0.6) is 5.75 Å². The van der Waals surface area contributed by atoms with Gasteiger partial charge in [-0.2, -0.15) is 0 Å². The van der Waals surface area contributed by atoms with Gasteiger partial charge >= 0.3 is 0 Å². The molecule has 1 N–H and O–H groups in total. The number of hydrogen-bond acceptors (Lipinski definition) is 2. The largest absolute Gasteiger partial charge is 0.494 e. The maximum absolute atomic E-state index is 11.8. The molecule has 0 bridgehead atoms. The summed E-state index contributed by atoms with van der Waals surface area (Å²) >= 11 is 0. The summed E-state index contributed by atoms with van der Waals surface area (Å²) in [5.74, 6) is 1.28. The molecule has 1 fully saturated rings. The van der Waals surface area contributed by atoms with Crippen LogP contribution in [0.4, 0.5) is 0 Å². The highest BCUT2D eigenvalue weighted by Gasteiger charge is 2.30. The zero-order valence-electron chi connectivity index (χ0n) is 11.3. The Labute approximate surface area is 109 Å². The van der Waals surface area contributed by atoms with E-state index in [4.69, 9.17) is 4.74 Å². The van der Waals surface area contributed by atoms with Crippen molar-refractivity contribution in [2.45, 2.75) is 39.7 Å². The Kier molecular flexibility index (Phi) is 3.90. The highest BCUT2D eigenvalue weighted by Crippen LogP contribution is 2.31. The minimum atomic E-state index is -0.000417. The van der Waals surface area contributed by atoms with Crippen molar-refractivity contribution in [1.29, 1.82) is 0 Å². The van der Waals surface area contributed by atoms with Crippen molar-refractivity contribution in [2.24, 2.45) is 5.92 Å². The highest BCUT2D eigenvalue weighted by atomic mass is 16.5. The molecule has 3 nitrogen and oxygen atoms in total. The SMILES string of the molecule is CCOc1ccc(C)cc1C(C)NC(=O)C1CC1. The third-order valence-electron chi connectivity index (χ3n) is 3.24. The molecule has 0 aliphatic heterocycles. The van der Waals surface area contributed by atoms with E-state index in [-0.39, 0.29) is 17.9 Å². The zero-order valence-corrected chi connectivity index (χ0v) is 11.3. The summed E-state index contributed by atoms with van der Waals surface area (Å²) in [7, 11) is 0. The lowest BCUT2D eigenvalue weighted by Crippen LogP contribution is -2.28. The average molecular weight is 247 g/mol. The molecule has 1 aliphatic carbocycles. The second-order valence-corrected chi connectivity index (χ2v) is 4.98. The first-order valence-corrected chi connectivity index (χ1v) is 6.65. The number of carbonyl (C=O) groups is 1. The lowest BCUT2D eigenvalue weighted by atomic mass is 10.0. The number of nitrogens with one attached hydrogen (secondary N) is 1. The minimum Gasteiger partial charge on any atom is -0.494 e. The fourth-order valence-corrected chi connectivity index (χ4v) is 2.05. The molecule has 1 amide bonds. The van der Waals surface area contributed by atoms with Crippen LogP contribution in [-0.4, -0.2) is 12.5 Å². The molecule has 2 rings (SSSR count). The first-order chi connectivity index (χ1) is 8.61. The average Bonchev–Trinajstić information content (AvgIpc) is 3.15. The summed E-state index contributed by atoms with van der Waals surface area (Å²) in [5.41, 5.74) is 2.24. The molecule has 18 heavy (non-hydrogen) atoms. The molecule has 0 aromatic heterocycles. The van der Waals surface area contributed by atoms with E-state index in [0.29, 0.717) is 6.61 Å². The predicted molar refractivity (Wildman–Crippen MR) is 71.6 cm³/mol. The van der Waals surface area contributed by atoms with Gasteiger partial charge in [0.2, 0.25) is 5.91 Å². The Hall–Kier alpha value is -1.51. The Balaban J connectivity index is 2.13. The number of ether oxygens (including phenoxy) is 1. The van der Waals surface area contributed by atoms with Gasteiger partial charge in [0.15, 0.2) is 0 Å². The third-order valence-corrected chi connectivity index (χ3v) is 3.24. The predicted octanol–water partition coefficient (Wildman–Crippen LogP) is 2.98. The molecule has 3 heteroatoms. The van der Waals surface area contributed by atoms with E-state index < -0.39 is 0 Å². The Morgan fingerprint density at radius 3 is 2.83 bits per heavy atom. The van der Waals surface area contributed by atoms with Gasteiger partial charge in [-0.3, -0.25) is 4.79 Å². The van der Waals surface area contributed by atoms with Crippen LogP contribution < -0.4 is 10.1 Å². The number of rotatable bonds is 5. The molecule has 1 aliphatic rings. The van der Waals surface area contributed by atoms with E-state index in [1.54, 1.807) is 0 Å². The van der Waals surface area contributed by atoms with Crippen LogP contribution in [-0.2, 0) is 4.79 Å². The van der Waals surface area contributed by atoms with Crippen LogP contribution in [0.2, 0.25) is 0 Å². The quantitative estimate of drug-likeness (QED) is 0.868. The third kappa shape index (κ3) is 3.03. The minimum absolute atomic E-state index is 0.000417. The number of carbonyl (C=O) groups excluding carboxylic acids is 1. The molecular formula is C15H21NO2. The van der Waals surface area contributed by atoms with Crippen LogP contribution in [0.1, 0.15) is 43.9 Å². The Morgan fingerprint density at radius 2 is 2.22 bits per heavy atom. The maximum Gasteiger partial charge on any atom is 0.223 e. The number of amides is 1. The van der Waals surface area contributed by atoms with Gasteiger partial charge in [0, 0.05) is 11.5 Å². The summed E-state index contributed by atoms with van der Waals surface area (Å²) < 4.78 is 5.62. The summed E-state index contributed by atoms with van der Waals surface area (Å²) in [6.07, 6.45) is 2.06. The van der Waals surface area contributed by atoms with E-state index in [9.17, 15) is 4.79 Å². The standard InChI is InChI=1S/C15H21NO2/c1-4-18-14-8-5-10(2)9-13(14)11(3)16-15(17)12-6-7-12/h5,8-9,11-12H,4,6-7H2,1-3H3,(H,16,17). The normalized spacial score (nSPS) is 16.2. The maximum atomic E-state index is 11.8. The molecule has 1 aromatic rings. The van der Waals surface area contributed by atoms with Crippen molar-refractivity contribution in [3.63, 3.8) is 0 Å². The topological polar surface area (TPSA) is 38.3 Å². The summed E-state index contributed by atoms with van der Waals surface area (Å²) in [5, 5.41) is 3.07. The molecule has 0 spiro atoms. The second-order valence-electron chi connectivity index (χ2n) is 4.98. The fourth-order valence-electron chi connectivity index (χ4n) is 2.05. The van der Waals surface area contributed by atoms with Gasteiger partial charge in [-0.1, -0.05) is 17.7 Å². The second kappa shape index (κ2) is 5.42. The summed E-state index contributed by atoms with van der Waals surface area (Å²) in [6, 6.07) is 6.10. The molecule has 1 saturated carbocycles. The Bertz CT molecular complexity index is 438. The van der Waals surface area contributed by atoms with Crippen molar-refractivity contribution in [2.75, 3.05) is 6.61 Å². The van der Waals surface area contributed by atoms with Crippen LogP contribution in [0, 0.1) is 12.8 Å². The molecule has 1 unspecified atom stereocenters. The highest BCUT2D eigenvalue weighted by molar-refractivity contribution is 5.81. The molecule has 98 valence electrons. The molecule has 0 heterocycles. The van der Waals surface area contributed by atoms with Gasteiger partial charge in [0.05, 0.1) is 12.6 Å². The Morgan fingerprint density at radius 1 is 1.50 bits per heavy atom. The number of benzene rings is 1. The number of aryl methyl sites for hydroxylation is 1. The zero-order chi connectivity index (χ0) is 13.1. The molecule has 1 atom stereocenters.